The maximum Gasteiger partial charge on any atom is 0.227 e. The summed E-state index contributed by atoms with van der Waals surface area (Å²) in [6.07, 6.45) is 2.46. The molecule has 0 saturated carbocycles. The van der Waals surface area contributed by atoms with Gasteiger partial charge in [-0.15, -0.1) is 0 Å². The fourth-order valence-electron chi connectivity index (χ4n) is 3.73. The third kappa shape index (κ3) is 3.41. The molecule has 0 bridgehead atoms. The average molecular weight is 337 g/mol. The van der Waals surface area contributed by atoms with Crippen molar-refractivity contribution >= 4 is 11.6 Å². The highest BCUT2D eigenvalue weighted by Crippen LogP contribution is 2.42. The van der Waals surface area contributed by atoms with Gasteiger partial charge in [-0.3, -0.25) is 4.79 Å². The topological polar surface area (TPSA) is 29.5 Å². The Morgan fingerprint density at radius 3 is 2.44 bits per heavy atom. The van der Waals surface area contributed by atoms with Gasteiger partial charge in [0.15, 0.2) is 0 Å². The monoisotopic (exact) mass is 337 g/mol. The van der Waals surface area contributed by atoms with E-state index >= 15 is 0 Å². The van der Waals surface area contributed by atoms with Crippen molar-refractivity contribution in [3.63, 3.8) is 0 Å². The normalized spacial score (nSPS) is 18.3. The van der Waals surface area contributed by atoms with Gasteiger partial charge >= 0.3 is 0 Å². The number of ether oxygens (including phenoxy) is 1. The minimum absolute atomic E-state index is 0.0147. The Kier molecular flexibility index (Phi) is 4.85. The zero-order chi connectivity index (χ0) is 18.0. The van der Waals surface area contributed by atoms with Crippen molar-refractivity contribution in [1.29, 1.82) is 0 Å². The van der Waals surface area contributed by atoms with Crippen LogP contribution in [0.4, 0.5) is 5.69 Å². The molecule has 1 heterocycles. The second-order valence-corrected chi connectivity index (χ2v) is 7.68. The number of methoxy groups -OCH3 is 1. The fourth-order valence-corrected chi connectivity index (χ4v) is 3.73. The molecule has 2 aromatic carbocycles. The third-order valence-corrected chi connectivity index (χ3v) is 4.92. The van der Waals surface area contributed by atoms with Crippen LogP contribution >= 0.6 is 0 Å². The zero-order valence-electron chi connectivity index (χ0n) is 15.6. The first kappa shape index (κ1) is 17.5. The number of carbonyl (C=O) groups is 1. The number of rotatable bonds is 3. The van der Waals surface area contributed by atoms with E-state index in [1.807, 2.05) is 29.2 Å². The molecule has 1 fully saturated rings. The van der Waals surface area contributed by atoms with Crippen molar-refractivity contribution < 1.29 is 9.53 Å². The number of hydrogen-bond acceptors (Lipinski definition) is 2. The lowest BCUT2D eigenvalue weighted by molar-refractivity contribution is -0.120. The number of amides is 1. The molecule has 132 valence electrons. The summed E-state index contributed by atoms with van der Waals surface area (Å²) < 4.78 is 5.58. The molecule has 1 saturated heterocycles. The van der Waals surface area contributed by atoms with Crippen molar-refractivity contribution in [1.82, 2.24) is 0 Å². The van der Waals surface area contributed by atoms with Crippen molar-refractivity contribution in [3.05, 3.63) is 59.7 Å². The van der Waals surface area contributed by atoms with Crippen LogP contribution in [0.1, 0.15) is 57.2 Å². The summed E-state index contributed by atoms with van der Waals surface area (Å²) in [5.74, 6) is 1.04. The molecule has 0 unspecified atom stereocenters. The van der Waals surface area contributed by atoms with E-state index in [1.54, 1.807) is 7.11 Å². The number of nitrogens with zero attached hydrogens (tertiary/aromatic N) is 1. The van der Waals surface area contributed by atoms with Crippen molar-refractivity contribution in [2.75, 3.05) is 12.0 Å². The lowest BCUT2D eigenvalue weighted by Gasteiger charge is -2.39. The van der Waals surface area contributed by atoms with E-state index in [9.17, 15) is 4.79 Å². The highest BCUT2D eigenvalue weighted by atomic mass is 16.5. The predicted molar refractivity (Wildman–Crippen MR) is 102 cm³/mol. The molecule has 3 heteroatoms. The van der Waals surface area contributed by atoms with Crippen LogP contribution in [0.3, 0.4) is 0 Å². The highest BCUT2D eigenvalue weighted by molar-refractivity contribution is 5.96. The number of piperidine rings is 1. The summed E-state index contributed by atoms with van der Waals surface area (Å²) in [5.41, 5.74) is 3.28. The number of benzene rings is 2. The van der Waals surface area contributed by atoms with Gasteiger partial charge in [-0.05, 0) is 36.0 Å². The SMILES string of the molecule is COc1ccccc1[C@H]1CCCC(=O)N1c1ccccc1C(C)(C)C. The third-order valence-electron chi connectivity index (χ3n) is 4.92. The lowest BCUT2D eigenvalue weighted by atomic mass is 9.84. The molecule has 25 heavy (non-hydrogen) atoms. The van der Waals surface area contributed by atoms with Crippen molar-refractivity contribution in [3.8, 4) is 5.75 Å². The molecular formula is C22H27NO2. The maximum absolute atomic E-state index is 12.9. The molecular weight excluding hydrogens is 310 g/mol. The Morgan fingerprint density at radius 2 is 1.72 bits per heavy atom. The Bertz CT molecular complexity index is 761. The number of anilines is 1. The lowest BCUT2D eigenvalue weighted by Crippen LogP contribution is -2.39. The molecule has 0 aliphatic carbocycles. The van der Waals surface area contributed by atoms with Crippen molar-refractivity contribution in [2.24, 2.45) is 0 Å². The van der Waals surface area contributed by atoms with E-state index in [1.165, 1.54) is 5.56 Å². The second kappa shape index (κ2) is 6.91. The van der Waals surface area contributed by atoms with Gasteiger partial charge < -0.3 is 9.64 Å². The van der Waals surface area contributed by atoms with Gasteiger partial charge in [0.05, 0.1) is 13.2 Å². The molecule has 1 atom stereocenters. The first-order valence-corrected chi connectivity index (χ1v) is 8.98. The van der Waals surface area contributed by atoms with Crippen LogP contribution in [-0.4, -0.2) is 13.0 Å². The number of carbonyl (C=O) groups excluding carboxylic acids is 1. The van der Waals surface area contributed by atoms with Gasteiger partial charge in [-0.1, -0.05) is 57.2 Å². The van der Waals surface area contributed by atoms with E-state index < -0.39 is 0 Å². The maximum atomic E-state index is 12.9. The standard InChI is InChI=1S/C22H27NO2/c1-22(2,3)17-11-6-7-12-19(17)23-18(13-9-15-21(23)24)16-10-5-8-14-20(16)25-4/h5-8,10-12,14,18H,9,13,15H2,1-4H3/t18-/m1/s1. The van der Waals surface area contributed by atoms with Gasteiger partial charge in [0.2, 0.25) is 5.91 Å². The molecule has 1 aliphatic heterocycles. The Labute approximate surface area is 150 Å². The summed E-state index contributed by atoms with van der Waals surface area (Å²) in [5, 5.41) is 0. The van der Waals surface area contributed by atoms with Crippen LogP contribution in [0.15, 0.2) is 48.5 Å². The average Bonchev–Trinajstić information content (AvgIpc) is 2.60. The smallest absolute Gasteiger partial charge is 0.227 e. The highest BCUT2D eigenvalue weighted by Gasteiger charge is 2.34. The summed E-state index contributed by atoms with van der Waals surface area (Å²) in [6, 6.07) is 16.3. The van der Waals surface area contributed by atoms with Crippen LogP contribution in [0.5, 0.6) is 5.75 Å². The van der Waals surface area contributed by atoms with Crippen LogP contribution < -0.4 is 9.64 Å². The summed E-state index contributed by atoms with van der Waals surface area (Å²) in [6.45, 7) is 6.58. The molecule has 0 spiro atoms. The minimum Gasteiger partial charge on any atom is -0.496 e. The largest absolute Gasteiger partial charge is 0.496 e. The van der Waals surface area contributed by atoms with E-state index in [2.05, 4.69) is 45.0 Å². The molecule has 1 amide bonds. The van der Waals surface area contributed by atoms with E-state index in [0.717, 1.165) is 29.8 Å². The fraction of sp³-hybridized carbons (Fsp3) is 0.409. The van der Waals surface area contributed by atoms with Crippen LogP contribution in [0.2, 0.25) is 0 Å². The zero-order valence-corrected chi connectivity index (χ0v) is 15.6. The van der Waals surface area contributed by atoms with E-state index in [-0.39, 0.29) is 17.4 Å². The van der Waals surface area contributed by atoms with Gasteiger partial charge in [0, 0.05) is 17.7 Å². The van der Waals surface area contributed by atoms with Crippen molar-refractivity contribution in [2.45, 2.75) is 51.5 Å². The van der Waals surface area contributed by atoms with Gasteiger partial charge in [-0.2, -0.15) is 0 Å². The van der Waals surface area contributed by atoms with Crippen LogP contribution in [0, 0.1) is 0 Å². The molecule has 3 nitrogen and oxygen atoms in total. The predicted octanol–water partition coefficient (Wildman–Crippen LogP) is 5.25. The number of para-hydroxylation sites is 2. The molecule has 0 aromatic heterocycles. The molecule has 0 radical (unpaired) electrons. The molecule has 0 N–H and O–H groups in total. The van der Waals surface area contributed by atoms with Crippen LogP contribution in [0.25, 0.3) is 0 Å². The first-order valence-electron chi connectivity index (χ1n) is 8.98. The van der Waals surface area contributed by atoms with Crippen LogP contribution in [-0.2, 0) is 10.2 Å². The van der Waals surface area contributed by atoms with Gasteiger partial charge in [-0.25, -0.2) is 0 Å². The Balaban J connectivity index is 2.13. The van der Waals surface area contributed by atoms with Gasteiger partial charge in [0.1, 0.15) is 5.75 Å². The van der Waals surface area contributed by atoms with E-state index in [0.29, 0.717) is 6.42 Å². The van der Waals surface area contributed by atoms with E-state index in [4.69, 9.17) is 4.74 Å². The molecule has 3 rings (SSSR count). The molecule has 2 aromatic rings. The Hall–Kier alpha value is -2.29. The van der Waals surface area contributed by atoms with Gasteiger partial charge in [0.25, 0.3) is 0 Å². The molecule has 1 aliphatic rings. The summed E-state index contributed by atoms with van der Waals surface area (Å²) >= 11 is 0. The quantitative estimate of drug-likeness (QED) is 0.765. The first-order chi connectivity index (χ1) is 11.9. The summed E-state index contributed by atoms with van der Waals surface area (Å²) in [4.78, 5) is 14.9. The Morgan fingerprint density at radius 1 is 1.04 bits per heavy atom. The minimum atomic E-state index is -0.0281. The second-order valence-electron chi connectivity index (χ2n) is 7.68. The summed E-state index contributed by atoms with van der Waals surface area (Å²) in [7, 11) is 1.69. The number of hydrogen-bond donors (Lipinski definition) is 0.